The molecule has 1 aliphatic carbocycles. The maximum absolute atomic E-state index is 13.0. The molecule has 0 radical (unpaired) electrons. The van der Waals surface area contributed by atoms with E-state index in [9.17, 15) is 28.1 Å². The van der Waals surface area contributed by atoms with E-state index in [-0.39, 0.29) is 12.8 Å². The summed E-state index contributed by atoms with van der Waals surface area (Å²) in [7, 11) is 0. The Morgan fingerprint density at radius 3 is 2.40 bits per heavy atom. The minimum absolute atomic E-state index is 0.0623. The predicted octanol–water partition coefficient (Wildman–Crippen LogP) is 3.32. The normalized spacial score (nSPS) is 23.6. The van der Waals surface area contributed by atoms with Crippen molar-refractivity contribution in [2.75, 3.05) is 0 Å². The fourth-order valence-electron chi connectivity index (χ4n) is 2.68. The first kappa shape index (κ1) is 14.5. The maximum Gasteiger partial charge on any atom is 0.416 e. The van der Waals surface area contributed by atoms with Crippen LogP contribution in [0, 0.1) is 10.1 Å². The maximum atomic E-state index is 13.0. The molecule has 1 atom stereocenters. The molecule has 0 saturated heterocycles. The van der Waals surface area contributed by atoms with Crippen LogP contribution in [0.1, 0.15) is 36.8 Å². The van der Waals surface area contributed by atoms with Crippen LogP contribution in [0.5, 0.6) is 0 Å². The molecular weight excluding hydrogens is 275 g/mol. The van der Waals surface area contributed by atoms with Crippen molar-refractivity contribution >= 4 is 5.78 Å². The average Bonchev–Trinajstić information content (AvgIpc) is 2.38. The van der Waals surface area contributed by atoms with Gasteiger partial charge < -0.3 is 0 Å². The van der Waals surface area contributed by atoms with Crippen LogP contribution in [0.15, 0.2) is 24.3 Å². The van der Waals surface area contributed by atoms with E-state index < -0.39 is 33.5 Å². The van der Waals surface area contributed by atoms with E-state index in [2.05, 4.69) is 0 Å². The molecule has 0 bridgehead atoms. The van der Waals surface area contributed by atoms with Gasteiger partial charge in [0.2, 0.25) is 5.78 Å². The number of nitrogens with zero attached hydrogens (tertiary/aromatic N) is 1. The number of nitro groups is 1. The zero-order chi connectivity index (χ0) is 15.0. The van der Waals surface area contributed by atoms with E-state index in [0.717, 1.165) is 18.2 Å². The number of carbonyl (C=O) groups is 1. The summed E-state index contributed by atoms with van der Waals surface area (Å²) in [6.07, 6.45) is -4.14. The number of rotatable bonds is 2. The highest BCUT2D eigenvalue weighted by Crippen LogP contribution is 2.43. The van der Waals surface area contributed by atoms with Gasteiger partial charge in [0.25, 0.3) is 0 Å². The molecule has 1 saturated carbocycles. The van der Waals surface area contributed by atoms with Crippen molar-refractivity contribution in [2.24, 2.45) is 0 Å². The number of ketones is 1. The molecule has 2 rings (SSSR count). The van der Waals surface area contributed by atoms with Crippen LogP contribution < -0.4 is 0 Å². The van der Waals surface area contributed by atoms with Crippen LogP contribution in [0.4, 0.5) is 13.2 Å². The Morgan fingerprint density at radius 2 is 1.85 bits per heavy atom. The first-order valence-corrected chi connectivity index (χ1v) is 6.14. The first-order valence-electron chi connectivity index (χ1n) is 6.14. The lowest BCUT2D eigenvalue weighted by Gasteiger charge is -2.29. The van der Waals surface area contributed by atoms with E-state index in [1.807, 2.05) is 0 Å². The van der Waals surface area contributed by atoms with Gasteiger partial charge in [-0.3, -0.25) is 14.9 Å². The van der Waals surface area contributed by atoms with Crippen molar-refractivity contribution in [3.8, 4) is 0 Å². The summed E-state index contributed by atoms with van der Waals surface area (Å²) in [6, 6.07) is 4.27. The third-order valence-electron chi connectivity index (χ3n) is 3.64. The number of carbonyl (C=O) groups excluding carboxylic acids is 1. The molecular formula is C13H12F3NO3. The van der Waals surface area contributed by atoms with Crippen LogP contribution in [-0.4, -0.2) is 10.7 Å². The SMILES string of the molecule is O=C1CCCCC1(c1ccccc1C(F)(F)F)[N+](=O)[O-]. The molecule has 0 N–H and O–H groups in total. The largest absolute Gasteiger partial charge is 0.416 e. The Labute approximate surface area is 112 Å². The molecule has 1 aliphatic rings. The summed E-state index contributed by atoms with van der Waals surface area (Å²) in [6.45, 7) is 0. The third kappa shape index (κ3) is 2.17. The Bertz CT molecular complexity index is 556. The summed E-state index contributed by atoms with van der Waals surface area (Å²) in [5.74, 6) is -0.745. The van der Waals surface area contributed by atoms with E-state index in [1.54, 1.807) is 0 Å². The quantitative estimate of drug-likeness (QED) is 0.619. The van der Waals surface area contributed by atoms with Gasteiger partial charge in [-0.15, -0.1) is 0 Å². The minimum atomic E-state index is -4.72. The van der Waals surface area contributed by atoms with Crippen molar-refractivity contribution in [1.29, 1.82) is 0 Å². The molecule has 1 aromatic carbocycles. The van der Waals surface area contributed by atoms with Crippen LogP contribution in [0.2, 0.25) is 0 Å². The lowest BCUT2D eigenvalue weighted by Crippen LogP contribution is -2.46. The molecule has 0 spiro atoms. The van der Waals surface area contributed by atoms with E-state index in [1.165, 1.54) is 6.07 Å². The first-order chi connectivity index (χ1) is 9.30. The summed E-state index contributed by atoms with van der Waals surface area (Å²) < 4.78 is 39.1. The van der Waals surface area contributed by atoms with Crippen LogP contribution in [-0.2, 0) is 16.5 Å². The highest BCUT2D eigenvalue weighted by atomic mass is 19.4. The van der Waals surface area contributed by atoms with Gasteiger partial charge >= 0.3 is 11.7 Å². The second kappa shape index (κ2) is 4.88. The predicted molar refractivity (Wildman–Crippen MR) is 63.6 cm³/mol. The van der Waals surface area contributed by atoms with Gasteiger partial charge in [-0.25, -0.2) is 0 Å². The molecule has 20 heavy (non-hydrogen) atoms. The third-order valence-corrected chi connectivity index (χ3v) is 3.64. The second-order valence-electron chi connectivity index (χ2n) is 4.79. The van der Waals surface area contributed by atoms with Gasteiger partial charge in [-0.05, 0) is 18.9 Å². The Kier molecular flexibility index (Phi) is 3.54. The molecule has 0 aliphatic heterocycles. The van der Waals surface area contributed by atoms with Gasteiger partial charge in [0, 0.05) is 23.3 Å². The second-order valence-corrected chi connectivity index (χ2v) is 4.79. The Morgan fingerprint density at radius 1 is 1.20 bits per heavy atom. The number of Topliss-reactive ketones (excluding diaryl/α,β-unsaturated/α-hetero) is 1. The molecule has 0 heterocycles. The summed E-state index contributed by atoms with van der Waals surface area (Å²) in [5, 5.41) is 11.4. The molecule has 0 amide bonds. The van der Waals surface area contributed by atoms with E-state index >= 15 is 0 Å². The number of benzene rings is 1. The lowest BCUT2D eigenvalue weighted by atomic mass is 9.74. The molecule has 1 unspecified atom stereocenters. The van der Waals surface area contributed by atoms with Gasteiger partial charge in [-0.1, -0.05) is 18.2 Å². The molecule has 7 heteroatoms. The number of hydrogen-bond acceptors (Lipinski definition) is 3. The number of hydrogen-bond donors (Lipinski definition) is 0. The fraction of sp³-hybridized carbons (Fsp3) is 0.462. The van der Waals surface area contributed by atoms with Gasteiger partial charge in [0.15, 0.2) is 0 Å². The molecule has 4 nitrogen and oxygen atoms in total. The number of halogens is 3. The van der Waals surface area contributed by atoms with Crippen molar-refractivity contribution in [1.82, 2.24) is 0 Å². The Hall–Kier alpha value is -1.92. The zero-order valence-corrected chi connectivity index (χ0v) is 10.4. The van der Waals surface area contributed by atoms with Crippen molar-refractivity contribution in [3.05, 3.63) is 45.5 Å². The fourth-order valence-corrected chi connectivity index (χ4v) is 2.68. The van der Waals surface area contributed by atoms with Crippen LogP contribution >= 0.6 is 0 Å². The average molecular weight is 287 g/mol. The van der Waals surface area contributed by atoms with Gasteiger partial charge in [0.1, 0.15) is 0 Å². The number of alkyl halides is 3. The van der Waals surface area contributed by atoms with E-state index in [4.69, 9.17) is 0 Å². The summed E-state index contributed by atoms with van der Waals surface area (Å²) >= 11 is 0. The zero-order valence-electron chi connectivity index (χ0n) is 10.4. The molecule has 1 aromatic rings. The van der Waals surface area contributed by atoms with Gasteiger partial charge in [-0.2, -0.15) is 13.2 Å². The highest BCUT2D eigenvalue weighted by molar-refractivity contribution is 5.89. The summed E-state index contributed by atoms with van der Waals surface area (Å²) in [4.78, 5) is 22.6. The standard InChI is InChI=1S/C13H12F3NO3/c14-13(15,16)10-6-2-1-5-9(10)12(17(19)20)8-4-3-7-11(12)18/h1-2,5-6H,3-4,7-8H2. The Balaban J connectivity index is 2.68. The van der Waals surface area contributed by atoms with Crippen LogP contribution in [0.3, 0.4) is 0 Å². The van der Waals surface area contributed by atoms with Crippen molar-refractivity contribution in [2.45, 2.75) is 37.4 Å². The highest BCUT2D eigenvalue weighted by Gasteiger charge is 2.56. The van der Waals surface area contributed by atoms with E-state index in [0.29, 0.717) is 12.8 Å². The molecule has 1 fully saturated rings. The lowest BCUT2D eigenvalue weighted by molar-refractivity contribution is -0.563. The minimum Gasteiger partial charge on any atom is -0.291 e. The van der Waals surface area contributed by atoms with Gasteiger partial charge in [0.05, 0.1) is 5.56 Å². The van der Waals surface area contributed by atoms with Crippen LogP contribution in [0.25, 0.3) is 0 Å². The molecule has 0 aromatic heterocycles. The monoisotopic (exact) mass is 287 g/mol. The molecule has 108 valence electrons. The van der Waals surface area contributed by atoms with Crippen molar-refractivity contribution in [3.63, 3.8) is 0 Å². The topological polar surface area (TPSA) is 60.2 Å². The summed E-state index contributed by atoms with van der Waals surface area (Å²) in [5.41, 5.74) is -3.90. The van der Waals surface area contributed by atoms with Crippen molar-refractivity contribution < 1.29 is 22.9 Å². The smallest absolute Gasteiger partial charge is 0.291 e.